The lowest BCUT2D eigenvalue weighted by molar-refractivity contribution is -0.143. The van der Waals surface area contributed by atoms with Crippen LogP contribution >= 0.6 is 0 Å². The van der Waals surface area contributed by atoms with Crippen molar-refractivity contribution in [3.8, 4) is 0 Å². The van der Waals surface area contributed by atoms with Gasteiger partial charge in [-0.3, -0.25) is 14.3 Å². The molecule has 0 spiro atoms. The van der Waals surface area contributed by atoms with Crippen molar-refractivity contribution in [2.24, 2.45) is 11.8 Å². The third kappa shape index (κ3) is 3.27. The van der Waals surface area contributed by atoms with E-state index in [1.165, 1.54) is 19.5 Å². The zero-order valence-corrected chi connectivity index (χ0v) is 10.2. The number of anilines is 1. The van der Waals surface area contributed by atoms with Gasteiger partial charge < -0.3 is 10.1 Å². The third-order valence-electron chi connectivity index (χ3n) is 2.86. The molecule has 6 nitrogen and oxygen atoms in total. The molecule has 1 aliphatic rings. The standard InChI is InChI=1S/C11H13F2N3O3/c1-19-11(18)8-2-7(8)10(17)15-6-3-14-16(4-6)5-9(12)13/h3-4,7-9H,2,5H2,1H3,(H,15,17). The molecule has 0 saturated heterocycles. The maximum atomic E-state index is 12.1. The van der Waals surface area contributed by atoms with E-state index in [9.17, 15) is 18.4 Å². The summed E-state index contributed by atoms with van der Waals surface area (Å²) in [6.07, 6.45) is 0.551. The van der Waals surface area contributed by atoms with Crippen LogP contribution in [0.5, 0.6) is 0 Å². The average Bonchev–Trinajstić information content (AvgIpc) is 3.05. The minimum atomic E-state index is -2.50. The lowest BCUT2D eigenvalue weighted by Crippen LogP contribution is -2.17. The summed E-state index contributed by atoms with van der Waals surface area (Å²) in [7, 11) is 1.27. The maximum Gasteiger partial charge on any atom is 0.309 e. The van der Waals surface area contributed by atoms with Crippen LogP contribution in [0.3, 0.4) is 0 Å². The SMILES string of the molecule is COC(=O)C1CC1C(=O)Nc1cnn(CC(F)F)c1. The van der Waals surface area contributed by atoms with E-state index in [0.717, 1.165) is 4.68 Å². The first kappa shape index (κ1) is 13.4. The molecule has 1 aromatic heterocycles. The van der Waals surface area contributed by atoms with Gasteiger partial charge in [0, 0.05) is 6.20 Å². The van der Waals surface area contributed by atoms with Crippen LogP contribution in [-0.4, -0.2) is 35.2 Å². The van der Waals surface area contributed by atoms with Gasteiger partial charge in [-0.25, -0.2) is 8.78 Å². The van der Waals surface area contributed by atoms with Crippen molar-refractivity contribution in [2.75, 3.05) is 12.4 Å². The molecular formula is C11H13F2N3O3. The molecule has 2 unspecified atom stereocenters. The fraction of sp³-hybridized carbons (Fsp3) is 0.545. The molecular weight excluding hydrogens is 260 g/mol. The highest BCUT2D eigenvalue weighted by Gasteiger charge is 2.49. The smallest absolute Gasteiger partial charge is 0.309 e. The van der Waals surface area contributed by atoms with Gasteiger partial charge in [-0.15, -0.1) is 0 Å². The molecule has 0 aliphatic heterocycles. The molecule has 1 heterocycles. The molecule has 0 aromatic carbocycles. The van der Waals surface area contributed by atoms with Gasteiger partial charge in [-0.05, 0) is 6.42 Å². The summed E-state index contributed by atoms with van der Waals surface area (Å²) in [5, 5.41) is 6.22. The van der Waals surface area contributed by atoms with Gasteiger partial charge >= 0.3 is 5.97 Å². The van der Waals surface area contributed by atoms with E-state index in [-0.39, 0.29) is 5.91 Å². The van der Waals surface area contributed by atoms with Gasteiger partial charge in [0.15, 0.2) is 0 Å². The monoisotopic (exact) mass is 273 g/mol. The highest BCUT2D eigenvalue weighted by atomic mass is 19.3. The second kappa shape index (κ2) is 5.33. The number of rotatable bonds is 5. The molecule has 2 atom stereocenters. The van der Waals surface area contributed by atoms with Gasteiger partial charge in [0.25, 0.3) is 6.43 Å². The minimum absolute atomic E-state index is 0.327. The van der Waals surface area contributed by atoms with Crippen LogP contribution < -0.4 is 5.32 Å². The molecule has 1 N–H and O–H groups in total. The summed E-state index contributed by atoms with van der Waals surface area (Å²) in [6.45, 7) is -0.524. The first-order valence-electron chi connectivity index (χ1n) is 5.70. The number of halogens is 2. The largest absolute Gasteiger partial charge is 0.469 e. The van der Waals surface area contributed by atoms with Crippen LogP contribution in [-0.2, 0) is 20.9 Å². The Hall–Kier alpha value is -1.99. The summed E-state index contributed by atoms with van der Waals surface area (Å²) in [4.78, 5) is 22.9. The van der Waals surface area contributed by atoms with Gasteiger partial charge in [0.05, 0.1) is 30.8 Å². The Morgan fingerprint density at radius 1 is 1.58 bits per heavy atom. The highest BCUT2D eigenvalue weighted by molar-refractivity contribution is 5.98. The Morgan fingerprint density at radius 2 is 2.32 bits per heavy atom. The Balaban J connectivity index is 1.86. The van der Waals surface area contributed by atoms with E-state index in [1.807, 2.05) is 0 Å². The van der Waals surface area contributed by atoms with E-state index in [4.69, 9.17) is 0 Å². The van der Waals surface area contributed by atoms with Crippen molar-refractivity contribution in [3.63, 3.8) is 0 Å². The Morgan fingerprint density at radius 3 is 2.95 bits per heavy atom. The second-order valence-corrected chi connectivity index (χ2v) is 4.30. The number of esters is 1. The van der Waals surface area contributed by atoms with Crippen molar-refractivity contribution in [2.45, 2.75) is 19.4 Å². The number of methoxy groups -OCH3 is 1. The first-order valence-corrected chi connectivity index (χ1v) is 5.70. The number of alkyl halides is 2. The Bertz CT molecular complexity index is 489. The Labute approximate surface area is 107 Å². The number of hydrogen-bond acceptors (Lipinski definition) is 4. The minimum Gasteiger partial charge on any atom is -0.469 e. The average molecular weight is 273 g/mol. The van der Waals surface area contributed by atoms with Crippen LogP contribution in [0.1, 0.15) is 6.42 Å². The Kier molecular flexibility index (Phi) is 3.77. The number of nitrogens with one attached hydrogen (secondary N) is 1. The molecule has 0 bridgehead atoms. The van der Waals surface area contributed by atoms with Crippen molar-refractivity contribution >= 4 is 17.6 Å². The van der Waals surface area contributed by atoms with Gasteiger partial charge in [-0.1, -0.05) is 0 Å². The van der Waals surface area contributed by atoms with Crippen molar-refractivity contribution in [3.05, 3.63) is 12.4 Å². The topological polar surface area (TPSA) is 73.2 Å². The fourth-order valence-corrected chi connectivity index (χ4v) is 1.80. The summed E-state index contributed by atoms with van der Waals surface area (Å²) in [6, 6.07) is 0. The molecule has 104 valence electrons. The molecule has 8 heteroatoms. The molecule has 1 aliphatic carbocycles. The number of aromatic nitrogens is 2. The predicted octanol–water partition coefficient (Wildman–Crippen LogP) is 0.896. The zero-order valence-electron chi connectivity index (χ0n) is 10.2. The van der Waals surface area contributed by atoms with Gasteiger partial charge in [0.2, 0.25) is 5.91 Å². The summed E-state index contributed by atoms with van der Waals surface area (Å²) >= 11 is 0. The lowest BCUT2D eigenvalue weighted by atomic mass is 10.3. The molecule has 2 rings (SSSR count). The molecule has 0 radical (unpaired) electrons. The van der Waals surface area contributed by atoms with E-state index in [2.05, 4.69) is 15.2 Å². The van der Waals surface area contributed by atoms with E-state index < -0.39 is 30.8 Å². The molecule has 19 heavy (non-hydrogen) atoms. The summed E-state index contributed by atoms with van der Waals surface area (Å²) < 4.78 is 29.8. The van der Waals surface area contributed by atoms with Crippen molar-refractivity contribution < 1.29 is 23.1 Å². The molecule has 1 aromatic rings. The summed E-state index contributed by atoms with van der Waals surface area (Å²) in [5.41, 5.74) is 0.334. The predicted molar refractivity (Wildman–Crippen MR) is 60.5 cm³/mol. The fourth-order valence-electron chi connectivity index (χ4n) is 1.80. The van der Waals surface area contributed by atoms with Crippen LogP contribution in [0, 0.1) is 11.8 Å². The molecule has 1 saturated carbocycles. The van der Waals surface area contributed by atoms with Crippen LogP contribution in [0.2, 0.25) is 0 Å². The number of hydrogen-bond donors (Lipinski definition) is 1. The second-order valence-electron chi connectivity index (χ2n) is 4.30. The highest BCUT2D eigenvalue weighted by Crippen LogP contribution is 2.40. The molecule has 1 fully saturated rings. The number of ether oxygens (including phenoxy) is 1. The van der Waals surface area contributed by atoms with Crippen LogP contribution in [0.15, 0.2) is 12.4 Å². The first-order chi connectivity index (χ1) is 9.01. The summed E-state index contributed by atoms with van der Waals surface area (Å²) in [5.74, 6) is -1.55. The molecule has 1 amide bonds. The normalized spacial score (nSPS) is 21.3. The van der Waals surface area contributed by atoms with Gasteiger partial charge in [-0.2, -0.15) is 5.10 Å². The van der Waals surface area contributed by atoms with E-state index >= 15 is 0 Å². The zero-order chi connectivity index (χ0) is 14.0. The number of amides is 1. The number of carbonyl (C=O) groups is 2. The van der Waals surface area contributed by atoms with Crippen molar-refractivity contribution in [1.82, 2.24) is 9.78 Å². The van der Waals surface area contributed by atoms with Gasteiger partial charge in [0.1, 0.15) is 6.54 Å². The quantitative estimate of drug-likeness (QED) is 0.809. The number of carbonyl (C=O) groups excluding carboxylic acids is 2. The van der Waals surface area contributed by atoms with Crippen LogP contribution in [0.25, 0.3) is 0 Å². The van der Waals surface area contributed by atoms with Crippen LogP contribution in [0.4, 0.5) is 14.5 Å². The van der Waals surface area contributed by atoms with E-state index in [0.29, 0.717) is 12.1 Å². The van der Waals surface area contributed by atoms with Crippen molar-refractivity contribution in [1.29, 1.82) is 0 Å². The number of nitrogens with zero attached hydrogens (tertiary/aromatic N) is 2. The maximum absolute atomic E-state index is 12.1. The lowest BCUT2D eigenvalue weighted by Gasteiger charge is -2.01. The third-order valence-corrected chi connectivity index (χ3v) is 2.86. The van der Waals surface area contributed by atoms with E-state index in [1.54, 1.807) is 0 Å².